The summed E-state index contributed by atoms with van der Waals surface area (Å²) in [5.41, 5.74) is 8.21. The van der Waals surface area contributed by atoms with Gasteiger partial charge in [0.25, 0.3) is 0 Å². The fourth-order valence-electron chi connectivity index (χ4n) is 14.3. The summed E-state index contributed by atoms with van der Waals surface area (Å²) in [5, 5.41) is 5.06. The molecule has 60 heavy (non-hydrogen) atoms. The van der Waals surface area contributed by atoms with Gasteiger partial charge in [-0.05, 0) is 148 Å². The first-order valence-corrected chi connectivity index (χ1v) is 23.1. The lowest BCUT2D eigenvalue weighted by Gasteiger charge is -2.50. The van der Waals surface area contributed by atoms with Crippen molar-refractivity contribution in [3.05, 3.63) is 127 Å². The van der Waals surface area contributed by atoms with Crippen LogP contribution in [0.4, 0.5) is 0 Å². The summed E-state index contributed by atoms with van der Waals surface area (Å²) in [5.74, 6) is 7.28. The van der Waals surface area contributed by atoms with E-state index in [4.69, 9.17) is 15.0 Å². The van der Waals surface area contributed by atoms with E-state index in [9.17, 15) is 0 Å². The number of hydrogen-bond donors (Lipinski definition) is 0. The molecule has 3 heterocycles. The summed E-state index contributed by atoms with van der Waals surface area (Å²) in [7, 11) is 0. The monoisotopic (exact) mass is 787 g/mol. The zero-order valence-electron chi connectivity index (χ0n) is 35.7. The molecule has 2 unspecified atom stereocenters. The van der Waals surface area contributed by atoms with Gasteiger partial charge in [0, 0.05) is 43.6 Å². The first-order chi connectivity index (χ1) is 29.2. The molecule has 8 aromatic rings. The Morgan fingerprint density at radius 1 is 0.433 bits per heavy atom. The fourth-order valence-corrected chi connectivity index (χ4v) is 14.3. The molecule has 4 bridgehead atoms. The maximum absolute atomic E-state index is 5.82. The molecule has 3 aromatic heterocycles. The molecule has 12 rings (SSSR count). The van der Waals surface area contributed by atoms with Crippen molar-refractivity contribution >= 4 is 43.6 Å². The van der Waals surface area contributed by atoms with Crippen molar-refractivity contribution in [3.63, 3.8) is 0 Å². The van der Waals surface area contributed by atoms with Gasteiger partial charge in [-0.1, -0.05) is 94.4 Å². The molecule has 4 fully saturated rings. The minimum absolute atomic E-state index is 0.00128. The average Bonchev–Trinajstić information content (AvgIpc) is 3.74. The highest BCUT2D eigenvalue weighted by Gasteiger charge is 2.51. The molecule has 0 aliphatic heterocycles. The van der Waals surface area contributed by atoms with Crippen LogP contribution in [0.2, 0.25) is 0 Å². The minimum Gasteiger partial charge on any atom is -0.309 e. The standard InChI is InChI=1S/C55H57N5/c1-34-22-38-23-35(2)29-54(28-34,32-38)52-56-51(57-53(58-52)55-30-36(3)24-39(33-55)25-37(4)31-55)43-18-10-13-21-48(43)60-47-20-12-9-17-42(47)45-26-44-41-16-8-11-19-46(41)59(49(44)27-50(45)60)40-14-6-5-7-15-40/h5-21,26-27,34-39H,22-25,28-33H2,1-4H3/t34-,35+,36-,37+,38-,39-,54?,55?. The van der Waals surface area contributed by atoms with Crippen molar-refractivity contribution in [2.45, 2.75) is 103 Å². The second-order valence-electron chi connectivity index (χ2n) is 20.6. The summed E-state index contributed by atoms with van der Waals surface area (Å²) in [6, 6.07) is 42.5. The second kappa shape index (κ2) is 13.6. The molecule has 0 spiro atoms. The molecule has 4 aliphatic rings. The first-order valence-electron chi connectivity index (χ1n) is 23.1. The molecule has 5 heteroatoms. The number of fused-ring (bicyclic) bond motifs is 10. The molecule has 0 saturated heterocycles. The molecule has 0 radical (unpaired) electrons. The summed E-state index contributed by atoms with van der Waals surface area (Å²) in [6.45, 7) is 9.95. The third kappa shape index (κ3) is 5.67. The Balaban J connectivity index is 1.12. The Bertz CT molecular complexity index is 2850. The van der Waals surface area contributed by atoms with Gasteiger partial charge in [0.2, 0.25) is 0 Å². The number of rotatable bonds is 5. The highest BCUT2D eigenvalue weighted by Crippen LogP contribution is 2.56. The molecule has 4 saturated carbocycles. The van der Waals surface area contributed by atoms with E-state index in [0.29, 0.717) is 23.7 Å². The van der Waals surface area contributed by atoms with Gasteiger partial charge in [-0.15, -0.1) is 0 Å². The normalized spacial score (nSPS) is 29.1. The van der Waals surface area contributed by atoms with E-state index in [2.05, 4.69) is 152 Å². The van der Waals surface area contributed by atoms with E-state index >= 15 is 0 Å². The molecular weight excluding hydrogens is 731 g/mol. The van der Waals surface area contributed by atoms with Crippen LogP contribution in [0.3, 0.4) is 0 Å². The minimum atomic E-state index is 0.00128. The summed E-state index contributed by atoms with van der Waals surface area (Å²) >= 11 is 0. The van der Waals surface area contributed by atoms with Crippen molar-refractivity contribution < 1.29 is 0 Å². The lowest BCUT2D eigenvalue weighted by molar-refractivity contribution is 0.0635. The van der Waals surface area contributed by atoms with Crippen LogP contribution >= 0.6 is 0 Å². The summed E-state index contributed by atoms with van der Waals surface area (Å²) in [6.07, 6.45) is 12.5. The van der Waals surface area contributed by atoms with E-state index in [1.807, 2.05) is 0 Å². The van der Waals surface area contributed by atoms with Crippen molar-refractivity contribution in [1.82, 2.24) is 24.1 Å². The molecule has 302 valence electrons. The molecular formula is C55H57N5. The summed E-state index contributed by atoms with van der Waals surface area (Å²) in [4.78, 5) is 17.4. The number of hydrogen-bond acceptors (Lipinski definition) is 3. The maximum atomic E-state index is 5.82. The topological polar surface area (TPSA) is 48.5 Å². The van der Waals surface area contributed by atoms with Crippen molar-refractivity contribution in [1.29, 1.82) is 0 Å². The van der Waals surface area contributed by atoms with E-state index < -0.39 is 0 Å². The Morgan fingerprint density at radius 2 is 0.900 bits per heavy atom. The van der Waals surface area contributed by atoms with Crippen LogP contribution in [-0.4, -0.2) is 24.1 Å². The highest BCUT2D eigenvalue weighted by atomic mass is 15.1. The molecule has 0 amide bonds. The molecule has 4 aliphatic carbocycles. The van der Waals surface area contributed by atoms with Crippen molar-refractivity contribution in [3.8, 4) is 22.8 Å². The van der Waals surface area contributed by atoms with Gasteiger partial charge in [-0.3, -0.25) is 0 Å². The average molecular weight is 788 g/mol. The Kier molecular flexibility index (Phi) is 8.29. The number of aromatic nitrogens is 5. The molecule has 5 aromatic carbocycles. The molecule has 0 N–H and O–H groups in total. The summed E-state index contributed by atoms with van der Waals surface area (Å²) < 4.78 is 4.95. The molecule has 5 nitrogen and oxygen atoms in total. The Hall–Kier alpha value is -5.29. The smallest absolute Gasteiger partial charge is 0.165 e. The van der Waals surface area contributed by atoms with Crippen molar-refractivity contribution in [2.24, 2.45) is 35.5 Å². The van der Waals surface area contributed by atoms with E-state index in [1.165, 1.54) is 114 Å². The van der Waals surface area contributed by atoms with E-state index in [-0.39, 0.29) is 10.8 Å². The Morgan fingerprint density at radius 3 is 1.47 bits per heavy atom. The van der Waals surface area contributed by atoms with Gasteiger partial charge >= 0.3 is 0 Å². The van der Waals surface area contributed by atoms with Crippen molar-refractivity contribution in [2.75, 3.05) is 0 Å². The Labute approximate surface area is 354 Å². The quantitative estimate of drug-likeness (QED) is 0.175. The van der Waals surface area contributed by atoms with Gasteiger partial charge < -0.3 is 9.13 Å². The predicted molar refractivity (Wildman–Crippen MR) is 247 cm³/mol. The van der Waals surface area contributed by atoms with Gasteiger partial charge in [-0.25, -0.2) is 15.0 Å². The van der Waals surface area contributed by atoms with Crippen LogP contribution in [0.15, 0.2) is 115 Å². The fraction of sp³-hybridized carbons (Fsp3) is 0.400. The largest absolute Gasteiger partial charge is 0.309 e. The number of para-hydroxylation sites is 4. The van der Waals surface area contributed by atoms with E-state index in [1.54, 1.807) is 0 Å². The van der Waals surface area contributed by atoms with Crippen LogP contribution in [0.25, 0.3) is 66.4 Å². The second-order valence-corrected chi connectivity index (χ2v) is 20.6. The van der Waals surface area contributed by atoms with Crippen LogP contribution in [-0.2, 0) is 10.8 Å². The molecule has 8 atom stereocenters. The van der Waals surface area contributed by atoms with Crippen LogP contribution in [0.5, 0.6) is 0 Å². The first kappa shape index (κ1) is 36.6. The van der Waals surface area contributed by atoms with E-state index in [0.717, 1.165) is 40.6 Å². The highest BCUT2D eigenvalue weighted by molar-refractivity contribution is 6.19. The van der Waals surface area contributed by atoms with Crippen LogP contribution in [0, 0.1) is 35.5 Å². The van der Waals surface area contributed by atoms with Gasteiger partial charge in [-0.2, -0.15) is 0 Å². The van der Waals surface area contributed by atoms with Crippen LogP contribution < -0.4 is 0 Å². The third-order valence-corrected chi connectivity index (χ3v) is 15.7. The third-order valence-electron chi connectivity index (χ3n) is 15.7. The lowest BCUT2D eigenvalue weighted by atomic mass is 9.55. The van der Waals surface area contributed by atoms with Crippen LogP contribution in [0.1, 0.15) is 104 Å². The number of benzene rings is 5. The zero-order chi connectivity index (χ0) is 40.3. The predicted octanol–water partition coefficient (Wildman–Crippen LogP) is 13.9. The lowest BCUT2D eigenvalue weighted by Crippen LogP contribution is -2.46. The SMILES string of the molecule is C[C@@H]1C[C@@H]2C[C@H](C)CC(c3nc(-c4ccccc4-n4c5ccccc5c5cc6c7ccccc7n(-c7ccccc7)c6cc54)nc(C45C[C@H](C)C[C@H](C[C@H](C)C4)C5)n3)(C1)C2. The van der Waals surface area contributed by atoms with Gasteiger partial charge in [0.15, 0.2) is 5.82 Å². The van der Waals surface area contributed by atoms with Gasteiger partial charge in [0.1, 0.15) is 11.6 Å². The zero-order valence-corrected chi connectivity index (χ0v) is 35.7. The van der Waals surface area contributed by atoms with Gasteiger partial charge in [0.05, 0.1) is 27.8 Å². The number of nitrogens with zero attached hydrogens (tertiary/aromatic N) is 5. The maximum Gasteiger partial charge on any atom is 0.165 e.